The average Bonchev–Trinajstić information content (AvgIpc) is 2.16. The molecule has 82 valence electrons. The quantitative estimate of drug-likeness (QED) is 0.820. The molecule has 0 saturated heterocycles. The van der Waals surface area contributed by atoms with Gasteiger partial charge in [-0.1, -0.05) is 29.8 Å². The van der Waals surface area contributed by atoms with E-state index in [0.717, 1.165) is 18.4 Å². The summed E-state index contributed by atoms with van der Waals surface area (Å²) in [4.78, 5) is 0. The van der Waals surface area contributed by atoms with Gasteiger partial charge in [-0.2, -0.15) is 0 Å². The first-order valence-corrected chi connectivity index (χ1v) is 5.62. The highest BCUT2D eigenvalue weighted by Crippen LogP contribution is 2.23. The average molecular weight is 206 g/mol. The third-order valence-corrected chi connectivity index (χ3v) is 3.00. The highest BCUT2D eigenvalue weighted by atomic mass is 16.5. The van der Waals surface area contributed by atoms with Gasteiger partial charge in [0.15, 0.2) is 0 Å². The van der Waals surface area contributed by atoms with E-state index in [-0.39, 0.29) is 0 Å². The molecular weight excluding hydrogens is 188 g/mol. The second-order valence-electron chi connectivity index (χ2n) is 4.31. The molecule has 1 unspecified atom stereocenters. The number of ether oxygens (including phenoxy) is 1. The first kappa shape index (κ1) is 10.7. The maximum Gasteiger partial charge on any atom is 0.102 e. The van der Waals surface area contributed by atoms with Crippen LogP contribution in [0.4, 0.5) is 0 Å². The maximum atomic E-state index is 9.85. The molecule has 2 heteroatoms. The van der Waals surface area contributed by atoms with Gasteiger partial charge in [-0.15, -0.1) is 0 Å². The molecule has 0 aromatic heterocycles. The zero-order valence-electron chi connectivity index (χ0n) is 9.15. The van der Waals surface area contributed by atoms with Gasteiger partial charge in [-0.05, 0) is 31.7 Å². The smallest absolute Gasteiger partial charge is 0.102 e. The molecule has 1 atom stereocenters. The van der Waals surface area contributed by atoms with Crippen LogP contribution in [0.5, 0.6) is 0 Å². The zero-order valence-corrected chi connectivity index (χ0v) is 9.15. The molecule has 1 aromatic carbocycles. The predicted molar refractivity (Wildman–Crippen MR) is 59.7 cm³/mol. The molecular formula is C13H18O2. The van der Waals surface area contributed by atoms with E-state index in [1.807, 2.05) is 31.2 Å². The highest BCUT2D eigenvalue weighted by molar-refractivity contribution is 5.23. The lowest BCUT2D eigenvalue weighted by atomic mass is 9.96. The second kappa shape index (κ2) is 4.77. The first-order chi connectivity index (χ1) is 7.25. The van der Waals surface area contributed by atoms with Crippen LogP contribution >= 0.6 is 0 Å². The molecule has 1 aliphatic rings. The van der Waals surface area contributed by atoms with E-state index >= 15 is 0 Å². The Morgan fingerprint density at radius 3 is 2.53 bits per heavy atom. The molecule has 2 rings (SSSR count). The lowest BCUT2D eigenvalue weighted by Gasteiger charge is -2.26. The fraction of sp³-hybridized carbons (Fsp3) is 0.538. The Morgan fingerprint density at radius 1 is 1.33 bits per heavy atom. The summed E-state index contributed by atoms with van der Waals surface area (Å²) in [5.74, 6) is 0. The highest BCUT2D eigenvalue weighted by Gasteiger charge is 2.19. The molecule has 0 amide bonds. The summed E-state index contributed by atoms with van der Waals surface area (Å²) < 4.78 is 5.57. The van der Waals surface area contributed by atoms with Crippen LogP contribution < -0.4 is 0 Å². The monoisotopic (exact) mass is 206 g/mol. The minimum Gasteiger partial charge on any atom is -0.386 e. The number of aryl methyl sites for hydroxylation is 1. The Bertz CT molecular complexity index is 301. The molecule has 1 aliphatic carbocycles. The van der Waals surface area contributed by atoms with Crippen molar-refractivity contribution in [1.29, 1.82) is 0 Å². The SMILES string of the molecule is Cc1ccc(C(O)COC2CCC2)cc1. The molecule has 0 aliphatic heterocycles. The van der Waals surface area contributed by atoms with Crippen molar-refractivity contribution in [3.8, 4) is 0 Å². The van der Waals surface area contributed by atoms with Crippen LogP contribution in [-0.4, -0.2) is 17.8 Å². The van der Waals surface area contributed by atoms with Gasteiger partial charge in [0, 0.05) is 0 Å². The summed E-state index contributed by atoms with van der Waals surface area (Å²) >= 11 is 0. The molecule has 1 saturated carbocycles. The van der Waals surface area contributed by atoms with E-state index in [9.17, 15) is 5.11 Å². The largest absolute Gasteiger partial charge is 0.386 e. The topological polar surface area (TPSA) is 29.5 Å². The summed E-state index contributed by atoms with van der Waals surface area (Å²) in [6.07, 6.45) is 3.49. The van der Waals surface area contributed by atoms with Gasteiger partial charge in [0.1, 0.15) is 6.10 Å². The summed E-state index contributed by atoms with van der Waals surface area (Å²) in [7, 11) is 0. The van der Waals surface area contributed by atoms with Gasteiger partial charge in [-0.3, -0.25) is 0 Å². The molecule has 1 fully saturated rings. The van der Waals surface area contributed by atoms with Gasteiger partial charge in [0.05, 0.1) is 12.7 Å². The van der Waals surface area contributed by atoms with Crippen LogP contribution in [0.15, 0.2) is 24.3 Å². The van der Waals surface area contributed by atoms with Crippen molar-refractivity contribution in [2.75, 3.05) is 6.61 Å². The summed E-state index contributed by atoms with van der Waals surface area (Å²) in [6, 6.07) is 7.96. The predicted octanol–water partition coefficient (Wildman–Crippen LogP) is 2.60. The number of hydrogen-bond donors (Lipinski definition) is 1. The van der Waals surface area contributed by atoms with Crippen molar-refractivity contribution in [2.24, 2.45) is 0 Å². The van der Waals surface area contributed by atoms with Crippen LogP contribution in [-0.2, 0) is 4.74 Å². The van der Waals surface area contributed by atoms with Gasteiger partial charge in [0.25, 0.3) is 0 Å². The van der Waals surface area contributed by atoms with Crippen LogP contribution in [0.3, 0.4) is 0 Å². The van der Waals surface area contributed by atoms with Crippen molar-refractivity contribution in [1.82, 2.24) is 0 Å². The third-order valence-electron chi connectivity index (χ3n) is 3.00. The van der Waals surface area contributed by atoms with E-state index in [2.05, 4.69) is 0 Å². The summed E-state index contributed by atoms with van der Waals surface area (Å²) in [5.41, 5.74) is 2.16. The van der Waals surface area contributed by atoms with Gasteiger partial charge >= 0.3 is 0 Å². The Hall–Kier alpha value is -0.860. The van der Waals surface area contributed by atoms with Crippen LogP contribution in [0.1, 0.15) is 36.5 Å². The molecule has 0 spiro atoms. The zero-order chi connectivity index (χ0) is 10.7. The Labute approximate surface area is 90.9 Å². The lowest BCUT2D eigenvalue weighted by molar-refractivity contribution is -0.0426. The summed E-state index contributed by atoms with van der Waals surface area (Å²) in [6.45, 7) is 2.47. The fourth-order valence-electron chi connectivity index (χ4n) is 1.65. The van der Waals surface area contributed by atoms with E-state index in [0.29, 0.717) is 12.7 Å². The van der Waals surface area contributed by atoms with Gasteiger partial charge in [0.2, 0.25) is 0 Å². The van der Waals surface area contributed by atoms with Crippen molar-refractivity contribution in [3.63, 3.8) is 0 Å². The molecule has 2 nitrogen and oxygen atoms in total. The number of rotatable bonds is 4. The van der Waals surface area contributed by atoms with Gasteiger partial charge < -0.3 is 9.84 Å². The number of hydrogen-bond acceptors (Lipinski definition) is 2. The van der Waals surface area contributed by atoms with Gasteiger partial charge in [-0.25, -0.2) is 0 Å². The van der Waals surface area contributed by atoms with Crippen molar-refractivity contribution in [3.05, 3.63) is 35.4 Å². The molecule has 0 radical (unpaired) electrons. The fourth-order valence-corrected chi connectivity index (χ4v) is 1.65. The number of aliphatic hydroxyl groups is 1. The van der Waals surface area contributed by atoms with Crippen LogP contribution in [0.25, 0.3) is 0 Å². The van der Waals surface area contributed by atoms with Crippen LogP contribution in [0, 0.1) is 6.92 Å². The first-order valence-electron chi connectivity index (χ1n) is 5.62. The van der Waals surface area contributed by atoms with Crippen molar-refractivity contribution >= 4 is 0 Å². The molecule has 1 N–H and O–H groups in total. The molecule has 0 heterocycles. The Balaban J connectivity index is 1.83. The van der Waals surface area contributed by atoms with E-state index in [1.54, 1.807) is 0 Å². The standard InChI is InChI=1S/C13H18O2/c1-10-5-7-11(8-6-10)13(14)9-15-12-3-2-4-12/h5-8,12-14H,2-4,9H2,1H3. The second-order valence-corrected chi connectivity index (χ2v) is 4.31. The van der Waals surface area contributed by atoms with Crippen molar-refractivity contribution < 1.29 is 9.84 Å². The molecule has 0 bridgehead atoms. The molecule has 15 heavy (non-hydrogen) atoms. The van der Waals surface area contributed by atoms with E-state index in [1.165, 1.54) is 12.0 Å². The minimum absolute atomic E-state index is 0.394. The maximum absolute atomic E-state index is 9.85. The third kappa shape index (κ3) is 2.80. The van der Waals surface area contributed by atoms with E-state index in [4.69, 9.17) is 4.74 Å². The Kier molecular flexibility index (Phi) is 3.39. The summed E-state index contributed by atoms with van der Waals surface area (Å²) in [5, 5.41) is 9.85. The van der Waals surface area contributed by atoms with E-state index < -0.39 is 6.10 Å². The Morgan fingerprint density at radius 2 is 2.00 bits per heavy atom. The normalized spacial score (nSPS) is 18.5. The molecule has 1 aromatic rings. The lowest BCUT2D eigenvalue weighted by Crippen LogP contribution is -2.24. The minimum atomic E-state index is -0.480. The van der Waals surface area contributed by atoms with Crippen LogP contribution in [0.2, 0.25) is 0 Å². The number of aliphatic hydroxyl groups excluding tert-OH is 1. The number of benzene rings is 1. The van der Waals surface area contributed by atoms with Crippen molar-refractivity contribution in [2.45, 2.75) is 38.4 Å².